The van der Waals surface area contributed by atoms with Gasteiger partial charge in [0.25, 0.3) is 0 Å². The van der Waals surface area contributed by atoms with E-state index in [1.807, 2.05) is 76.2 Å². The van der Waals surface area contributed by atoms with Gasteiger partial charge in [-0.3, -0.25) is 4.98 Å². The van der Waals surface area contributed by atoms with Crippen molar-refractivity contribution in [2.24, 2.45) is 5.41 Å². The summed E-state index contributed by atoms with van der Waals surface area (Å²) < 4.78 is 31.1. The van der Waals surface area contributed by atoms with Crippen LogP contribution in [0.5, 0.6) is 11.5 Å². The van der Waals surface area contributed by atoms with Crippen LogP contribution in [-0.4, -0.2) is 48.5 Å². The van der Waals surface area contributed by atoms with E-state index in [1.165, 1.54) is 31.4 Å². The SMILES string of the molecule is COc1ccc(NCc2nc(C)c(C(OC(C)(C)C)C(=O)O)c(N3CCC4(CCC4)CC3)c2-c2ccc(OCCc3ccc(F)cc3)cc2)cc1. The van der Waals surface area contributed by atoms with Gasteiger partial charge in [0.1, 0.15) is 17.3 Å². The molecule has 270 valence electrons. The van der Waals surface area contributed by atoms with Crippen molar-refractivity contribution in [3.05, 3.63) is 101 Å². The molecular formula is C42H50FN3O5. The van der Waals surface area contributed by atoms with Gasteiger partial charge in [-0.25, -0.2) is 9.18 Å². The molecular weight excluding hydrogens is 645 g/mol. The van der Waals surface area contributed by atoms with Crippen LogP contribution in [0.3, 0.4) is 0 Å². The van der Waals surface area contributed by atoms with E-state index in [4.69, 9.17) is 19.2 Å². The molecule has 1 saturated carbocycles. The smallest absolute Gasteiger partial charge is 0.337 e. The van der Waals surface area contributed by atoms with Gasteiger partial charge in [0.2, 0.25) is 0 Å². The number of ether oxygens (including phenoxy) is 3. The highest BCUT2D eigenvalue weighted by Gasteiger charge is 2.42. The highest BCUT2D eigenvalue weighted by atomic mass is 19.1. The lowest BCUT2D eigenvalue weighted by Gasteiger charge is -2.49. The minimum atomic E-state index is -1.21. The Kier molecular flexibility index (Phi) is 10.9. The quantitative estimate of drug-likeness (QED) is 0.143. The number of carbonyl (C=O) groups is 1. The minimum absolute atomic E-state index is 0.256. The summed E-state index contributed by atoms with van der Waals surface area (Å²) in [5.41, 5.74) is 6.36. The van der Waals surface area contributed by atoms with Crippen molar-refractivity contribution in [1.82, 2.24) is 4.98 Å². The van der Waals surface area contributed by atoms with Gasteiger partial charge >= 0.3 is 5.97 Å². The molecule has 2 fully saturated rings. The lowest BCUT2D eigenvalue weighted by atomic mass is 9.63. The third kappa shape index (κ3) is 8.64. The molecule has 2 aliphatic rings. The summed E-state index contributed by atoms with van der Waals surface area (Å²) in [6.45, 7) is 10.1. The zero-order valence-corrected chi connectivity index (χ0v) is 30.4. The van der Waals surface area contributed by atoms with Crippen LogP contribution in [0, 0.1) is 18.2 Å². The minimum Gasteiger partial charge on any atom is -0.497 e. The van der Waals surface area contributed by atoms with E-state index in [1.54, 1.807) is 19.2 Å². The molecule has 9 heteroatoms. The number of nitrogens with zero attached hydrogens (tertiary/aromatic N) is 2. The van der Waals surface area contributed by atoms with Crippen LogP contribution in [0.4, 0.5) is 15.8 Å². The Morgan fingerprint density at radius 2 is 1.61 bits per heavy atom. The number of hydrogen-bond acceptors (Lipinski definition) is 7. The van der Waals surface area contributed by atoms with Gasteiger partial charge in [0, 0.05) is 42.0 Å². The van der Waals surface area contributed by atoms with Gasteiger partial charge in [-0.15, -0.1) is 0 Å². The normalized spacial score (nSPS) is 16.0. The molecule has 1 atom stereocenters. The second-order valence-corrected chi connectivity index (χ2v) is 14.9. The second-order valence-electron chi connectivity index (χ2n) is 14.9. The fraction of sp³-hybridized carbons (Fsp3) is 0.429. The molecule has 1 spiro atoms. The molecule has 6 rings (SSSR count). The maximum absolute atomic E-state index is 13.4. The van der Waals surface area contributed by atoms with E-state index < -0.39 is 17.7 Å². The molecule has 1 aromatic heterocycles. The number of aliphatic carboxylic acids is 1. The monoisotopic (exact) mass is 695 g/mol. The van der Waals surface area contributed by atoms with Gasteiger partial charge in [0.15, 0.2) is 6.10 Å². The largest absolute Gasteiger partial charge is 0.497 e. The number of pyridine rings is 1. The van der Waals surface area contributed by atoms with Gasteiger partial charge in [-0.05, 0) is 118 Å². The number of anilines is 2. The van der Waals surface area contributed by atoms with Crippen molar-refractivity contribution in [2.75, 3.05) is 37.0 Å². The molecule has 1 aliphatic carbocycles. The number of nitrogens with one attached hydrogen (secondary N) is 1. The number of aromatic nitrogens is 1. The standard InChI is InChI=1S/C42H50FN3O5/c1-28-36(39(40(47)48)51-41(2,3)4)38(46-24-22-42(23-25-46)20-6-21-42)37(35(45-28)27-44-32-13-17-33(49-5)18-14-32)30-9-15-34(16-10-30)50-26-19-29-7-11-31(43)12-8-29/h7-18,39,44H,6,19-27H2,1-5H3,(H,47,48). The molecule has 51 heavy (non-hydrogen) atoms. The summed E-state index contributed by atoms with van der Waals surface area (Å²) in [6.07, 6.45) is 5.41. The first kappa shape index (κ1) is 36.2. The third-order valence-corrected chi connectivity index (χ3v) is 10.3. The lowest BCUT2D eigenvalue weighted by Crippen LogP contribution is -2.44. The molecule has 1 aliphatic heterocycles. The zero-order valence-electron chi connectivity index (χ0n) is 30.4. The Labute approximate surface area is 301 Å². The Morgan fingerprint density at radius 1 is 0.961 bits per heavy atom. The van der Waals surface area contributed by atoms with Crippen molar-refractivity contribution in [2.45, 2.75) is 84.5 Å². The summed E-state index contributed by atoms with van der Waals surface area (Å²) in [5.74, 6) is 0.192. The Bertz CT molecular complexity index is 1790. The van der Waals surface area contributed by atoms with Gasteiger partial charge in [-0.1, -0.05) is 30.7 Å². The van der Waals surface area contributed by atoms with Crippen LogP contribution in [0.15, 0.2) is 72.8 Å². The number of piperidine rings is 1. The molecule has 8 nitrogen and oxygen atoms in total. The first-order valence-electron chi connectivity index (χ1n) is 18.0. The second kappa shape index (κ2) is 15.3. The molecule has 0 amide bonds. The van der Waals surface area contributed by atoms with Crippen molar-refractivity contribution in [1.29, 1.82) is 0 Å². The molecule has 3 aromatic carbocycles. The highest BCUT2D eigenvalue weighted by Crippen LogP contribution is 2.51. The number of carboxylic acids is 1. The van der Waals surface area contributed by atoms with Gasteiger partial charge in [0.05, 0.1) is 37.2 Å². The van der Waals surface area contributed by atoms with Crippen LogP contribution in [0.25, 0.3) is 11.1 Å². The van der Waals surface area contributed by atoms with E-state index in [-0.39, 0.29) is 5.82 Å². The molecule has 0 radical (unpaired) electrons. The Morgan fingerprint density at radius 3 is 2.18 bits per heavy atom. The van der Waals surface area contributed by atoms with Crippen LogP contribution < -0.4 is 19.7 Å². The number of methoxy groups -OCH3 is 1. The third-order valence-electron chi connectivity index (χ3n) is 10.3. The van der Waals surface area contributed by atoms with E-state index in [9.17, 15) is 14.3 Å². The van der Waals surface area contributed by atoms with E-state index in [0.29, 0.717) is 42.0 Å². The van der Waals surface area contributed by atoms with Crippen molar-refractivity contribution in [3.8, 4) is 22.6 Å². The molecule has 0 bridgehead atoms. The van der Waals surface area contributed by atoms with Crippen molar-refractivity contribution >= 4 is 17.3 Å². The summed E-state index contributed by atoms with van der Waals surface area (Å²) in [7, 11) is 1.65. The molecule has 2 heterocycles. The average molecular weight is 696 g/mol. The van der Waals surface area contributed by atoms with Crippen molar-refractivity contribution in [3.63, 3.8) is 0 Å². The van der Waals surface area contributed by atoms with Crippen LogP contribution in [0.2, 0.25) is 0 Å². The number of hydrogen-bond donors (Lipinski definition) is 2. The zero-order chi connectivity index (χ0) is 36.2. The first-order valence-corrected chi connectivity index (χ1v) is 18.0. The predicted octanol–water partition coefficient (Wildman–Crippen LogP) is 9.15. The van der Waals surface area contributed by atoms with E-state index in [0.717, 1.165) is 65.4 Å². The van der Waals surface area contributed by atoms with E-state index >= 15 is 0 Å². The maximum atomic E-state index is 13.4. The lowest BCUT2D eigenvalue weighted by molar-refractivity contribution is -0.160. The van der Waals surface area contributed by atoms with Crippen LogP contribution in [0.1, 0.15) is 81.5 Å². The Hall–Kier alpha value is -4.63. The molecule has 1 unspecified atom stereocenters. The van der Waals surface area contributed by atoms with Crippen molar-refractivity contribution < 1.29 is 28.5 Å². The highest BCUT2D eigenvalue weighted by molar-refractivity contribution is 5.88. The molecule has 1 saturated heterocycles. The number of rotatable bonds is 13. The fourth-order valence-electron chi connectivity index (χ4n) is 7.35. The van der Waals surface area contributed by atoms with Gasteiger partial charge < -0.3 is 29.5 Å². The van der Waals surface area contributed by atoms with Gasteiger partial charge in [-0.2, -0.15) is 0 Å². The number of aryl methyl sites for hydroxylation is 1. The summed E-state index contributed by atoms with van der Waals surface area (Å²) in [6, 6.07) is 22.2. The summed E-state index contributed by atoms with van der Waals surface area (Å²) >= 11 is 0. The first-order chi connectivity index (χ1) is 24.4. The summed E-state index contributed by atoms with van der Waals surface area (Å²) in [5, 5.41) is 14.2. The molecule has 2 N–H and O–H groups in total. The average Bonchev–Trinajstić information content (AvgIpc) is 3.10. The summed E-state index contributed by atoms with van der Waals surface area (Å²) in [4.78, 5) is 20.6. The van der Waals surface area contributed by atoms with Crippen LogP contribution in [-0.2, 0) is 22.5 Å². The number of halogens is 1. The predicted molar refractivity (Wildman–Crippen MR) is 199 cm³/mol. The van der Waals surface area contributed by atoms with Crippen LogP contribution >= 0.6 is 0 Å². The topological polar surface area (TPSA) is 93.1 Å². The Balaban J connectivity index is 1.41. The fourth-order valence-corrected chi connectivity index (χ4v) is 7.35. The maximum Gasteiger partial charge on any atom is 0.337 e. The number of carboxylic acid groups (broad SMARTS) is 1. The number of benzene rings is 3. The molecule has 4 aromatic rings. The van der Waals surface area contributed by atoms with E-state index in [2.05, 4.69) is 10.2 Å².